The molecular formula is C22H23ClN4O4. The van der Waals surface area contributed by atoms with Crippen LogP contribution in [0.2, 0.25) is 5.02 Å². The van der Waals surface area contributed by atoms with E-state index in [1.165, 1.54) is 0 Å². The number of rotatable bonds is 4. The van der Waals surface area contributed by atoms with Crippen molar-refractivity contribution in [1.29, 1.82) is 0 Å². The van der Waals surface area contributed by atoms with Crippen LogP contribution >= 0.6 is 11.6 Å². The Labute approximate surface area is 185 Å². The zero-order chi connectivity index (χ0) is 21.4. The molecule has 162 valence electrons. The molecule has 2 aromatic rings. The van der Waals surface area contributed by atoms with Gasteiger partial charge in [-0.2, -0.15) is 0 Å². The standard InChI is InChI=1S/C22H23ClN4O4/c23-17-3-1-2-4-18(17)24-7-9-25(10-8-24)21(28)14-26-11-12-27(22(26)29)16-5-6-19-20(13-16)31-15-30-19/h1-6,13H,7-12,14-15H2. The van der Waals surface area contributed by atoms with Gasteiger partial charge >= 0.3 is 6.03 Å². The van der Waals surface area contributed by atoms with E-state index < -0.39 is 0 Å². The van der Waals surface area contributed by atoms with Crippen LogP contribution in [0.3, 0.4) is 0 Å². The molecule has 3 aliphatic rings. The van der Waals surface area contributed by atoms with Gasteiger partial charge in [-0.3, -0.25) is 9.69 Å². The molecule has 0 aliphatic carbocycles. The number of urea groups is 1. The normalized spacial score (nSPS) is 18.2. The lowest BCUT2D eigenvalue weighted by Gasteiger charge is -2.37. The predicted octanol–water partition coefficient (Wildman–Crippen LogP) is 2.66. The molecule has 0 unspecified atom stereocenters. The second kappa shape index (κ2) is 8.19. The van der Waals surface area contributed by atoms with E-state index in [0.717, 1.165) is 11.4 Å². The van der Waals surface area contributed by atoms with Crippen molar-refractivity contribution in [3.8, 4) is 11.5 Å². The van der Waals surface area contributed by atoms with E-state index in [4.69, 9.17) is 21.1 Å². The quantitative estimate of drug-likeness (QED) is 0.728. The van der Waals surface area contributed by atoms with E-state index in [-0.39, 0.29) is 25.3 Å². The van der Waals surface area contributed by atoms with Crippen molar-refractivity contribution in [2.45, 2.75) is 0 Å². The number of ether oxygens (including phenoxy) is 2. The SMILES string of the molecule is O=C(CN1CCN(c2ccc3c(c2)OCO3)C1=O)N1CCN(c2ccccc2Cl)CC1. The molecule has 0 radical (unpaired) electrons. The van der Waals surface area contributed by atoms with Crippen LogP contribution in [0.25, 0.3) is 0 Å². The molecule has 0 saturated carbocycles. The lowest BCUT2D eigenvalue weighted by molar-refractivity contribution is -0.131. The van der Waals surface area contributed by atoms with Crippen molar-refractivity contribution in [2.75, 3.05) is 62.4 Å². The molecule has 3 heterocycles. The summed E-state index contributed by atoms with van der Waals surface area (Å²) in [5.74, 6) is 1.29. The van der Waals surface area contributed by atoms with Crippen LogP contribution in [0.15, 0.2) is 42.5 Å². The van der Waals surface area contributed by atoms with Gasteiger partial charge in [-0.1, -0.05) is 23.7 Å². The zero-order valence-electron chi connectivity index (χ0n) is 17.0. The number of nitrogens with zero attached hydrogens (tertiary/aromatic N) is 4. The number of hydrogen-bond donors (Lipinski definition) is 0. The van der Waals surface area contributed by atoms with E-state index >= 15 is 0 Å². The molecule has 0 aromatic heterocycles. The summed E-state index contributed by atoms with van der Waals surface area (Å²) in [6, 6.07) is 13.0. The number of carbonyl (C=O) groups is 2. The minimum absolute atomic E-state index is 0.0281. The summed E-state index contributed by atoms with van der Waals surface area (Å²) in [4.78, 5) is 33.0. The first kappa shape index (κ1) is 19.8. The Morgan fingerprint density at radius 3 is 2.52 bits per heavy atom. The number of piperazine rings is 1. The Bertz CT molecular complexity index is 1010. The summed E-state index contributed by atoms with van der Waals surface area (Å²) in [6.07, 6.45) is 0. The van der Waals surface area contributed by atoms with Gasteiger partial charge in [0.2, 0.25) is 12.7 Å². The topological polar surface area (TPSA) is 65.6 Å². The number of benzene rings is 2. The molecule has 3 amide bonds. The fourth-order valence-electron chi connectivity index (χ4n) is 4.19. The van der Waals surface area contributed by atoms with E-state index in [1.54, 1.807) is 21.9 Å². The second-order valence-corrected chi connectivity index (χ2v) is 8.12. The molecule has 2 saturated heterocycles. The highest BCUT2D eigenvalue weighted by Crippen LogP contribution is 2.36. The molecule has 0 bridgehead atoms. The summed E-state index contributed by atoms with van der Waals surface area (Å²) < 4.78 is 10.7. The molecule has 2 fully saturated rings. The zero-order valence-corrected chi connectivity index (χ0v) is 17.8. The van der Waals surface area contributed by atoms with Crippen molar-refractivity contribution in [3.05, 3.63) is 47.5 Å². The predicted molar refractivity (Wildman–Crippen MR) is 117 cm³/mol. The first-order chi connectivity index (χ1) is 15.1. The maximum absolute atomic E-state index is 12.9. The van der Waals surface area contributed by atoms with Crippen molar-refractivity contribution in [3.63, 3.8) is 0 Å². The third-order valence-electron chi connectivity index (χ3n) is 5.91. The Morgan fingerprint density at radius 2 is 1.71 bits per heavy atom. The van der Waals surface area contributed by atoms with Crippen LogP contribution in [0.1, 0.15) is 0 Å². The van der Waals surface area contributed by atoms with Gasteiger partial charge in [0, 0.05) is 51.0 Å². The average Bonchev–Trinajstić information content (AvgIpc) is 3.40. The summed E-state index contributed by atoms with van der Waals surface area (Å²) in [6.45, 7) is 3.98. The monoisotopic (exact) mass is 442 g/mol. The lowest BCUT2D eigenvalue weighted by atomic mass is 10.2. The Hall–Kier alpha value is -3.13. The van der Waals surface area contributed by atoms with Gasteiger partial charge < -0.3 is 24.2 Å². The van der Waals surface area contributed by atoms with E-state index in [0.29, 0.717) is 55.8 Å². The minimum atomic E-state index is -0.165. The van der Waals surface area contributed by atoms with Crippen molar-refractivity contribution in [2.24, 2.45) is 0 Å². The number of hydrogen-bond acceptors (Lipinski definition) is 5. The number of para-hydroxylation sites is 1. The molecule has 0 N–H and O–H groups in total. The number of fused-ring (bicyclic) bond motifs is 1. The number of halogens is 1. The third-order valence-corrected chi connectivity index (χ3v) is 6.23. The summed E-state index contributed by atoms with van der Waals surface area (Å²) in [5.41, 5.74) is 1.74. The van der Waals surface area contributed by atoms with Crippen molar-refractivity contribution >= 4 is 34.9 Å². The molecular weight excluding hydrogens is 420 g/mol. The highest BCUT2D eigenvalue weighted by molar-refractivity contribution is 6.33. The largest absolute Gasteiger partial charge is 0.454 e. The van der Waals surface area contributed by atoms with Crippen LogP contribution in [0, 0.1) is 0 Å². The van der Waals surface area contributed by atoms with E-state index in [1.807, 2.05) is 35.2 Å². The lowest BCUT2D eigenvalue weighted by Crippen LogP contribution is -2.51. The van der Waals surface area contributed by atoms with Gasteiger partial charge in [0.05, 0.1) is 10.7 Å². The molecule has 8 nitrogen and oxygen atoms in total. The average molecular weight is 443 g/mol. The third kappa shape index (κ3) is 3.83. The summed E-state index contributed by atoms with van der Waals surface area (Å²) in [7, 11) is 0. The molecule has 9 heteroatoms. The highest BCUT2D eigenvalue weighted by Gasteiger charge is 2.33. The van der Waals surface area contributed by atoms with Gasteiger partial charge in [-0.25, -0.2) is 4.79 Å². The summed E-state index contributed by atoms with van der Waals surface area (Å²) >= 11 is 6.30. The van der Waals surface area contributed by atoms with Gasteiger partial charge in [0.15, 0.2) is 11.5 Å². The van der Waals surface area contributed by atoms with Crippen LogP contribution < -0.4 is 19.3 Å². The van der Waals surface area contributed by atoms with Gasteiger partial charge in [0.25, 0.3) is 0 Å². The van der Waals surface area contributed by atoms with Gasteiger partial charge in [0.1, 0.15) is 6.54 Å². The van der Waals surface area contributed by atoms with Gasteiger partial charge in [-0.15, -0.1) is 0 Å². The smallest absolute Gasteiger partial charge is 0.325 e. The number of amides is 3. The maximum Gasteiger partial charge on any atom is 0.325 e. The van der Waals surface area contributed by atoms with Crippen molar-refractivity contribution < 1.29 is 19.1 Å². The van der Waals surface area contributed by atoms with Crippen molar-refractivity contribution in [1.82, 2.24) is 9.80 Å². The number of carbonyl (C=O) groups excluding carboxylic acids is 2. The maximum atomic E-state index is 12.9. The fraction of sp³-hybridized carbons (Fsp3) is 0.364. The van der Waals surface area contributed by atoms with Crippen LogP contribution in [-0.4, -0.2) is 74.3 Å². The minimum Gasteiger partial charge on any atom is -0.454 e. The first-order valence-corrected chi connectivity index (χ1v) is 10.7. The Balaban J connectivity index is 1.17. The molecule has 3 aliphatic heterocycles. The highest BCUT2D eigenvalue weighted by atomic mass is 35.5. The van der Waals surface area contributed by atoms with Crippen LogP contribution in [-0.2, 0) is 4.79 Å². The number of anilines is 2. The van der Waals surface area contributed by atoms with Gasteiger partial charge in [-0.05, 0) is 24.3 Å². The molecule has 5 rings (SSSR count). The Kier molecular flexibility index (Phi) is 5.23. The Morgan fingerprint density at radius 1 is 0.935 bits per heavy atom. The molecule has 2 aromatic carbocycles. The molecule has 0 atom stereocenters. The molecule has 31 heavy (non-hydrogen) atoms. The van der Waals surface area contributed by atoms with Crippen LogP contribution in [0.5, 0.6) is 11.5 Å². The first-order valence-electron chi connectivity index (χ1n) is 10.3. The van der Waals surface area contributed by atoms with Crippen LogP contribution in [0.4, 0.5) is 16.2 Å². The van der Waals surface area contributed by atoms with E-state index in [2.05, 4.69) is 4.90 Å². The van der Waals surface area contributed by atoms with E-state index in [9.17, 15) is 9.59 Å². The second-order valence-electron chi connectivity index (χ2n) is 7.71. The molecule has 0 spiro atoms. The fourth-order valence-corrected chi connectivity index (χ4v) is 4.45. The summed E-state index contributed by atoms with van der Waals surface area (Å²) in [5, 5.41) is 0.716.